The number of fused-ring (bicyclic) bond motifs is 3. The Hall–Kier alpha value is -6.25. The van der Waals surface area contributed by atoms with E-state index < -0.39 is 47.2 Å². The van der Waals surface area contributed by atoms with Crippen molar-refractivity contribution in [3.05, 3.63) is 108 Å². The second-order valence-electron chi connectivity index (χ2n) is 35.6. The van der Waals surface area contributed by atoms with Gasteiger partial charge < -0.3 is 55.2 Å². The SMILES string of the molecule is C.C.C.CC(C)(C)OC(=O)CC(C(=O)O)C1CCCCC1.CN[C@@H](C)C(=O)C[C@H](C(=O)N1CC[C@H]2CCN(CCc3ccccc3)C[C@H]21)C1CCCCC1.C[C@@H](C(=O)O)N(C)C(=O)OC(C)(C)C.N[C@H](C(=O)N1CC[C@H]2CCN(CCc3ccccc3)C[C@H]21)C1CCCCC1.c1ccc(CCN2CC[C@@H]3CCC[C@@H]3C2)cc1. The van der Waals surface area contributed by atoms with Crippen LogP contribution in [0.15, 0.2) is 91.0 Å². The molecule has 632 valence electrons. The third kappa shape index (κ3) is 31.1. The number of amides is 3. The molecular weight excluding hydrogens is 1410 g/mol. The number of ketones is 1. The van der Waals surface area contributed by atoms with E-state index in [1.165, 1.54) is 153 Å². The van der Waals surface area contributed by atoms with E-state index in [4.69, 9.17) is 20.3 Å². The smallest absolute Gasteiger partial charge is 0.410 e. The number of carbonyl (C=O) groups excluding carboxylic acids is 5. The quantitative estimate of drug-likeness (QED) is 0.0646. The fourth-order valence-electron chi connectivity index (χ4n) is 18.7. The molecule has 12 rings (SSSR count). The molecule has 5 N–H and O–H groups in total. The van der Waals surface area contributed by atoms with Gasteiger partial charge in [0.1, 0.15) is 23.0 Å². The summed E-state index contributed by atoms with van der Waals surface area (Å²) < 4.78 is 10.2. The summed E-state index contributed by atoms with van der Waals surface area (Å²) in [5, 5.41) is 21.0. The lowest BCUT2D eigenvalue weighted by molar-refractivity contribution is -0.161. The highest BCUT2D eigenvalue weighted by Crippen LogP contribution is 2.41. The summed E-state index contributed by atoms with van der Waals surface area (Å²) in [6.07, 6.45) is 30.9. The van der Waals surface area contributed by atoms with Crippen molar-refractivity contribution in [2.24, 2.45) is 59.0 Å². The average molecular weight is 1560 g/mol. The fourth-order valence-corrected chi connectivity index (χ4v) is 18.7. The number of carboxylic acid groups (broad SMARTS) is 2. The minimum Gasteiger partial charge on any atom is -0.481 e. The van der Waals surface area contributed by atoms with Crippen LogP contribution in [-0.4, -0.2) is 209 Å². The van der Waals surface area contributed by atoms with E-state index in [1.807, 2.05) is 14.0 Å². The van der Waals surface area contributed by atoms with Crippen LogP contribution >= 0.6 is 0 Å². The van der Waals surface area contributed by atoms with E-state index in [0.29, 0.717) is 42.2 Å². The van der Waals surface area contributed by atoms with Crippen molar-refractivity contribution in [2.45, 2.75) is 299 Å². The van der Waals surface area contributed by atoms with Crippen LogP contribution in [0.1, 0.15) is 255 Å². The number of esters is 1. The van der Waals surface area contributed by atoms with Crippen molar-refractivity contribution < 1.29 is 53.2 Å². The third-order valence-corrected chi connectivity index (χ3v) is 25.5. The molecule has 3 aromatic rings. The van der Waals surface area contributed by atoms with Crippen molar-refractivity contribution in [1.82, 2.24) is 34.7 Å². The van der Waals surface area contributed by atoms with Crippen molar-refractivity contribution in [1.29, 1.82) is 0 Å². The van der Waals surface area contributed by atoms with Gasteiger partial charge in [0.15, 0.2) is 0 Å². The molecule has 5 aliphatic heterocycles. The van der Waals surface area contributed by atoms with Gasteiger partial charge in [-0.05, 0) is 236 Å². The maximum absolute atomic E-state index is 14.0. The first-order valence-electron chi connectivity index (χ1n) is 42.6. The Morgan fingerprint density at radius 3 is 1.26 bits per heavy atom. The Labute approximate surface area is 677 Å². The number of hydrogen-bond acceptors (Lipinski definition) is 14. The summed E-state index contributed by atoms with van der Waals surface area (Å²) in [6, 6.07) is 31.7. The largest absolute Gasteiger partial charge is 0.481 e. The van der Waals surface area contributed by atoms with Crippen molar-refractivity contribution in [2.75, 3.05) is 86.1 Å². The predicted octanol–water partition coefficient (Wildman–Crippen LogP) is 16.6. The number of benzene rings is 3. The second-order valence-corrected chi connectivity index (χ2v) is 35.6. The van der Waals surface area contributed by atoms with Gasteiger partial charge in [0.2, 0.25) is 11.8 Å². The molecule has 112 heavy (non-hydrogen) atoms. The summed E-state index contributed by atoms with van der Waals surface area (Å²) in [6.45, 7) is 26.1. The van der Waals surface area contributed by atoms with Gasteiger partial charge in [0.25, 0.3) is 0 Å². The van der Waals surface area contributed by atoms with Gasteiger partial charge in [-0.15, -0.1) is 0 Å². The van der Waals surface area contributed by atoms with Crippen LogP contribution < -0.4 is 11.1 Å². The number of carboxylic acids is 2. The molecule has 19 nitrogen and oxygen atoms in total. The zero-order chi connectivity index (χ0) is 78.6. The number of likely N-dealkylation sites (tertiary alicyclic amines) is 5. The van der Waals surface area contributed by atoms with Gasteiger partial charge >= 0.3 is 24.0 Å². The number of rotatable bonds is 23. The van der Waals surface area contributed by atoms with Crippen molar-refractivity contribution >= 4 is 41.6 Å². The molecule has 0 radical (unpaired) electrons. The Kier molecular flexibility index (Phi) is 41.6. The monoisotopic (exact) mass is 1560 g/mol. The number of likely N-dealkylation sites (N-methyl/N-ethyl adjacent to an activating group) is 2. The van der Waals surface area contributed by atoms with E-state index in [2.05, 4.69) is 121 Å². The number of piperidine rings is 3. The molecule has 4 saturated carbocycles. The number of nitrogens with one attached hydrogen (secondary N) is 1. The van der Waals surface area contributed by atoms with Gasteiger partial charge in [-0.25, -0.2) is 9.59 Å². The fraction of sp³-hybridized carbons (Fsp3) is 0.731. The number of aliphatic carboxylic acids is 2. The van der Waals surface area contributed by atoms with Gasteiger partial charge in [-0.3, -0.25) is 28.9 Å². The molecule has 5 heterocycles. The Balaban J connectivity index is 0.000000258. The normalized spacial score (nSPS) is 23.6. The minimum atomic E-state index is -1.06. The lowest BCUT2D eigenvalue weighted by atomic mass is 9.76. The minimum absolute atomic E-state index is 0. The molecule has 9 fully saturated rings. The van der Waals surface area contributed by atoms with Crippen LogP contribution in [0.4, 0.5) is 4.79 Å². The van der Waals surface area contributed by atoms with Crippen LogP contribution in [0.2, 0.25) is 0 Å². The molecule has 0 spiro atoms. The summed E-state index contributed by atoms with van der Waals surface area (Å²) in [5.74, 6) is 1.96. The van der Waals surface area contributed by atoms with Gasteiger partial charge in [0, 0.05) is 83.8 Å². The molecule has 9 aliphatic rings. The van der Waals surface area contributed by atoms with E-state index >= 15 is 0 Å². The van der Waals surface area contributed by atoms with E-state index in [-0.39, 0.29) is 70.2 Å². The average Bonchev–Trinajstić information content (AvgIpc) is 1.63. The zero-order valence-corrected chi connectivity index (χ0v) is 68.6. The number of ether oxygens (including phenoxy) is 2. The van der Waals surface area contributed by atoms with Gasteiger partial charge in [0.05, 0.1) is 24.4 Å². The van der Waals surface area contributed by atoms with Crippen LogP contribution in [0.25, 0.3) is 0 Å². The zero-order valence-electron chi connectivity index (χ0n) is 68.6. The van der Waals surface area contributed by atoms with Crippen LogP contribution in [0.3, 0.4) is 0 Å². The van der Waals surface area contributed by atoms with Gasteiger partial charge in [-0.1, -0.05) is 184 Å². The molecule has 5 saturated heterocycles. The Morgan fingerprint density at radius 2 is 0.848 bits per heavy atom. The van der Waals surface area contributed by atoms with Crippen LogP contribution in [0.5, 0.6) is 0 Å². The summed E-state index contributed by atoms with van der Waals surface area (Å²) in [7, 11) is 3.23. The maximum Gasteiger partial charge on any atom is 0.410 e. The first kappa shape index (κ1) is 96.3. The molecule has 0 aromatic heterocycles. The van der Waals surface area contributed by atoms with E-state index in [1.54, 1.807) is 41.5 Å². The highest BCUT2D eigenvalue weighted by atomic mass is 16.6. The predicted molar refractivity (Wildman–Crippen MR) is 454 cm³/mol. The molecule has 1 unspecified atom stereocenters. The summed E-state index contributed by atoms with van der Waals surface area (Å²) >= 11 is 0. The van der Waals surface area contributed by atoms with Crippen LogP contribution in [-0.2, 0) is 57.5 Å². The lowest BCUT2D eigenvalue weighted by Crippen LogP contribution is -2.55. The highest BCUT2D eigenvalue weighted by Gasteiger charge is 2.46. The molecule has 4 aliphatic carbocycles. The number of nitrogens with two attached hydrogens (primary N) is 1. The maximum atomic E-state index is 14.0. The standard InChI is InChI=1S/C28H43N3O2.C23H35N3O.C16H23N.C14H24O4.C9H17NO4.3CH4/c1-21(29-2)27(32)19-25(23-11-7-4-8-12-23)28(33)31-18-15-24-14-17-30(20-26(24)31)16-13-22-9-5-3-6-10-22;24-22(20-9-5-2-6-10-20)23(27)26-16-13-19-12-15-25(17-21(19)26)14-11-18-7-3-1-4-8-18;1-2-5-14(6-3-1)9-11-17-12-10-15-7-4-8-16(15)13-17;1-14(2,3)18-12(15)9-11(13(16)17)10-7-5-4-6-8-10;1-6(7(11)12)10(5)8(13)14-9(2,3)4;;;/h3,5-6,9-10,21,23-26,29H,4,7-8,11-20H2,1-2H3;1,3-4,7-8,19-22H,2,5-6,9-17,24H2;1-3,5-6,15-16H,4,7-13H2;10-11H,4-9H2,1-3H3,(H,16,17);6H,1-5H3,(H,11,12);3*1H4/t21-,24+,25-,26+;19-,21-,22+;15-,16+;;6-;;;/m010.0.../s1. The number of nitrogens with zero attached hydrogens (tertiary/aromatic N) is 6. The summed E-state index contributed by atoms with van der Waals surface area (Å²) in [4.78, 5) is 98.2. The molecule has 19 heteroatoms. The topological polar surface area (TPSA) is 236 Å². The number of carbonyl (C=O) groups is 7. The molecule has 0 bridgehead atoms. The Morgan fingerprint density at radius 1 is 0.464 bits per heavy atom. The molecule has 3 amide bonds. The molecule has 3 aromatic carbocycles. The first-order chi connectivity index (χ1) is 52.1. The molecule has 11 atom stereocenters. The number of hydrogen-bond donors (Lipinski definition) is 4. The number of Topliss-reactive ketones (excluding diaryl/α,β-unsaturated/α-hetero) is 1. The summed E-state index contributed by atoms with van der Waals surface area (Å²) in [5.41, 5.74) is 9.57. The van der Waals surface area contributed by atoms with Gasteiger partial charge in [-0.2, -0.15) is 0 Å². The molecular formula is C93H154N8O11. The van der Waals surface area contributed by atoms with Crippen molar-refractivity contribution in [3.8, 4) is 0 Å². The lowest BCUT2D eigenvalue weighted by Gasteiger charge is -2.40. The Bertz CT molecular complexity index is 3220. The third-order valence-electron chi connectivity index (χ3n) is 25.5. The second kappa shape index (κ2) is 48.3. The van der Waals surface area contributed by atoms with Crippen molar-refractivity contribution in [3.63, 3.8) is 0 Å². The first-order valence-corrected chi connectivity index (χ1v) is 42.6. The highest BCUT2D eigenvalue weighted by molar-refractivity contribution is 5.90. The van der Waals surface area contributed by atoms with E-state index in [9.17, 15) is 38.7 Å². The van der Waals surface area contributed by atoms with Crippen LogP contribution in [0, 0.1) is 53.3 Å². The van der Waals surface area contributed by atoms with E-state index in [0.717, 1.165) is 133 Å².